The highest BCUT2D eigenvalue weighted by molar-refractivity contribution is 7.99. The molecule has 2 unspecified atom stereocenters. The fourth-order valence-corrected chi connectivity index (χ4v) is 4.19. The molecular weight excluding hydrogens is 278 g/mol. The molecular formula is C14H21NO2S2. The summed E-state index contributed by atoms with van der Waals surface area (Å²) >= 11 is 3.21. The molecule has 0 radical (unpaired) electrons. The monoisotopic (exact) mass is 299 g/mol. The number of aliphatic hydroxyl groups excluding tert-OH is 1. The summed E-state index contributed by atoms with van der Waals surface area (Å²) in [4.78, 5) is 14.4. The van der Waals surface area contributed by atoms with Crippen LogP contribution in [0.1, 0.15) is 39.9 Å². The van der Waals surface area contributed by atoms with Gasteiger partial charge in [0.05, 0.1) is 11.5 Å². The molecule has 1 aromatic heterocycles. The molecule has 0 saturated carbocycles. The SMILES string of the molecule is CSC(CO)C(C)NC(=O)c1cc2c(s1)CCCC2. The van der Waals surface area contributed by atoms with Crippen molar-refractivity contribution in [3.8, 4) is 0 Å². The van der Waals surface area contributed by atoms with Gasteiger partial charge in [0.25, 0.3) is 5.91 Å². The lowest BCUT2D eigenvalue weighted by molar-refractivity contribution is 0.0940. The van der Waals surface area contributed by atoms with E-state index in [9.17, 15) is 9.90 Å². The van der Waals surface area contributed by atoms with E-state index in [1.807, 2.05) is 19.2 Å². The largest absolute Gasteiger partial charge is 0.395 e. The Kier molecular flexibility index (Phi) is 5.30. The van der Waals surface area contributed by atoms with Crippen LogP contribution in [0, 0.1) is 0 Å². The van der Waals surface area contributed by atoms with Crippen molar-refractivity contribution in [3.05, 3.63) is 21.4 Å². The van der Waals surface area contributed by atoms with Crippen molar-refractivity contribution in [3.63, 3.8) is 0 Å². The van der Waals surface area contributed by atoms with Crippen LogP contribution < -0.4 is 5.32 Å². The van der Waals surface area contributed by atoms with E-state index in [1.165, 1.54) is 23.3 Å². The predicted octanol–water partition coefficient (Wildman–Crippen LogP) is 2.47. The average molecular weight is 299 g/mol. The molecule has 0 bridgehead atoms. The molecule has 106 valence electrons. The number of thioether (sulfide) groups is 1. The van der Waals surface area contributed by atoms with Crippen molar-refractivity contribution < 1.29 is 9.90 Å². The van der Waals surface area contributed by atoms with Gasteiger partial charge in [-0.3, -0.25) is 4.79 Å². The highest BCUT2D eigenvalue weighted by atomic mass is 32.2. The Morgan fingerprint density at radius 3 is 2.89 bits per heavy atom. The first-order valence-electron chi connectivity index (χ1n) is 6.71. The van der Waals surface area contributed by atoms with Crippen molar-refractivity contribution in [1.29, 1.82) is 0 Å². The molecule has 0 aliphatic heterocycles. The Morgan fingerprint density at radius 1 is 1.53 bits per heavy atom. The average Bonchev–Trinajstić information content (AvgIpc) is 2.84. The molecule has 1 amide bonds. The van der Waals surface area contributed by atoms with E-state index in [0.29, 0.717) is 0 Å². The van der Waals surface area contributed by atoms with Gasteiger partial charge in [0, 0.05) is 16.2 Å². The van der Waals surface area contributed by atoms with E-state index in [2.05, 4.69) is 5.32 Å². The number of nitrogens with one attached hydrogen (secondary N) is 1. The van der Waals surface area contributed by atoms with E-state index in [4.69, 9.17) is 0 Å². The molecule has 1 aromatic rings. The van der Waals surface area contributed by atoms with Crippen LogP contribution in [0.25, 0.3) is 0 Å². The van der Waals surface area contributed by atoms with Crippen molar-refractivity contribution in [2.24, 2.45) is 0 Å². The normalized spacial score (nSPS) is 17.6. The number of carbonyl (C=O) groups is 1. The Bertz CT molecular complexity index is 417. The number of hydrogen-bond donors (Lipinski definition) is 2. The molecule has 0 aromatic carbocycles. The van der Waals surface area contributed by atoms with Crippen LogP contribution >= 0.6 is 23.1 Å². The lowest BCUT2D eigenvalue weighted by Crippen LogP contribution is -2.40. The zero-order valence-corrected chi connectivity index (χ0v) is 13.1. The molecule has 2 rings (SSSR count). The van der Waals surface area contributed by atoms with Gasteiger partial charge in [0.1, 0.15) is 0 Å². The predicted molar refractivity (Wildman–Crippen MR) is 82.3 cm³/mol. The van der Waals surface area contributed by atoms with Gasteiger partial charge in [-0.05, 0) is 50.5 Å². The molecule has 1 aliphatic carbocycles. The van der Waals surface area contributed by atoms with Crippen LogP contribution in [0.5, 0.6) is 0 Å². The smallest absolute Gasteiger partial charge is 0.261 e. The van der Waals surface area contributed by atoms with Crippen molar-refractivity contribution in [2.45, 2.75) is 43.9 Å². The van der Waals surface area contributed by atoms with Gasteiger partial charge < -0.3 is 10.4 Å². The number of carbonyl (C=O) groups excluding carboxylic acids is 1. The first-order valence-corrected chi connectivity index (χ1v) is 8.82. The minimum Gasteiger partial charge on any atom is -0.395 e. The van der Waals surface area contributed by atoms with E-state index in [1.54, 1.807) is 23.1 Å². The molecule has 1 aliphatic rings. The van der Waals surface area contributed by atoms with Gasteiger partial charge in [-0.25, -0.2) is 0 Å². The third-order valence-corrected chi connectivity index (χ3v) is 6.02. The zero-order valence-electron chi connectivity index (χ0n) is 11.4. The molecule has 0 fully saturated rings. The zero-order chi connectivity index (χ0) is 13.8. The summed E-state index contributed by atoms with van der Waals surface area (Å²) in [7, 11) is 0. The molecule has 2 atom stereocenters. The maximum atomic E-state index is 12.2. The van der Waals surface area contributed by atoms with Crippen molar-refractivity contribution in [1.82, 2.24) is 5.32 Å². The second-order valence-electron chi connectivity index (χ2n) is 4.99. The number of amides is 1. The van der Waals surface area contributed by atoms with Gasteiger partial charge in [0.15, 0.2) is 0 Å². The van der Waals surface area contributed by atoms with E-state index < -0.39 is 0 Å². The van der Waals surface area contributed by atoms with Gasteiger partial charge >= 0.3 is 0 Å². The second-order valence-corrected chi connectivity index (χ2v) is 7.20. The standard InChI is InChI=1S/C14H21NO2S2/c1-9(13(8-16)18-2)15-14(17)12-7-10-5-3-4-6-11(10)19-12/h7,9,13,16H,3-6,8H2,1-2H3,(H,15,17). The fourth-order valence-electron chi connectivity index (χ4n) is 2.41. The number of thiophene rings is 1. The van der Waals surface area contributed by atoms with E-state index in [0.717, 1.165) is 17.7 Å². The lowest BCUT2D eigenvalue weighted by Gasteiger charge is -2.20. The number of aliphatic hydroxyl groups is 1. The quantitative estimate of drug-likeness (QED) is 0.878. The number of hydrogen-bond acceptors (Lipinski definition) is 4. The molecule has 0 saturated heterocycles. The minimum absolute atomic E-state index is 0.000556. The van der Waals surface area contributed by atoms with Gasteiger partial charge in [-0.15, -0.1) is 11.3 Å². The van der Waals surface area contributed by atoms with E-state index in [-0.39, 0.29) is 23.8 Å². The summed E-state index contributed by atoms with van der Waals surface area (Å²) < 4.78 is 0. The van der Waals surface area contributed by atoms with Crippen molar-refractivity contribution >= 4 is 29.0 Å². The Labute approximate surface area is 122 Å². The Hall–Kier alpha value is -0.520. The summed E-state index contributed by atoms with van der Waals surface area (Å²) in [6.45, 7) is 2.03. The molecule has 5 heteroatoms. The van der Waals surface area contributed by atoms with Gasteiger partial charge in [-0.2, -0.15) is 11.8 Å². The highest BCUT2D eigenvalue weighted by Gasteiger charge is 2.21. The first-order chi connectivity index (χ1) is 9.15. The summed E-state index contributed by atoms with van der Waals surface area (Å²) in [5.41, 5.74) is 1.36. The van der Waals surface area contributed by atoms with Crippen molar-refractivity contribution in [2.75, 3.05) is 12.9 Å². The summed E-state index contributed by atoms with van der Waals surface area (Å²) in [5, 5.41) is 12.3. The third kappa shape index (κ3) is 3.52. The second kappa shape index (κ2) is 6.77. The topological polar surface area (TPSA) is 49.3 Å². The lowest BCUT2D eigenvalue weighted by atomic mass is 9.99. The van der Waals surface area contributed by atoms with Gasteiger partial charge in [-0.1, -0.05) is 0 Å². The van der Waals surface area contributed by atoms with Crippen LogP contribution in [0.3, 0.4) is 0 Å². The Morgan fingerprint density at radius 2 is 2.26 bits per heavy atom. The first kappa shape index (κ1) is 14.9. The third-order valence-electron chi connectivity index (χ3n) is 3.62. The number of fused-ring (bicyclic) bond motifs is 1. The molecule has 19 heavy (non-hydrogen) atoms. The molecule has 3 nitrogen and oxygen atoms in total. The minimum atomic E-state index is -0.0216. The molecule has 0 spiro atoms. The van der Waals surface area contributed by atoms with Gasteiger partial charge in [0.2, 0.25) is 0 Å². The van der Waals surface area contributed by atoms with Crippen LogP contribution in [-0.2, 0) is 12.8 Å². The molecule has 2 N–H and O–H groups in total. The summed E-state index contributed by atoms with van der Waals surface area (Å²) in [6.07, 6.45) is 6.66. The fraction of sp³-hybridized carbons (Fsp3) is 0.643. The highest BCUT2D eigenvalue weighted by Crippen LogP contribution is 2.29. The molecule has 1 heterocycles. The van der Waals surface area contributed by atoms with Crippen LogP contribution in [0.4, 0.5) is 0 Å². The summed E-state index contributed by atoms with van der Waals surface area (Å²) in [6, 6.07) is 2.03. The van der Waals surface area contributed by atoms with Crippen LogP contribution in [-0.4, -0.2) is 35.2 Å². The summed E-state index contributed by atoms with van der Waals surface area (Å²) in [5.74, 6) is -0.000556. The Balaban J connectivity index is 2.01. The van der Waals surface area contributed by atoms with Crippen LogP contribution in [0.15, 0.2) is 6.07 Å². The van der Waals surface area contributed by atoms with E-state index >= 15 is 0 Å². The maximum absolute atomic E-state index is 12.2. The maximum Gasteiger partial charge on any atom is 0.261 e. The van der Waals surface area contributed by atoms with Crippen LogP contribution in [0.2, 0.25) is 0 Å². The number of aryl methyl sites for hydroxylation is 2. The number of rotatable bonds is 5.